The number of carbonyl (C=O) groups excluding carboxylic acids is 2. The third-order valence-electron chi connectivity index (χ3n) is 3.39. The maximum Gasteiger partial charge on any atom is 0.420 e. The number of amides is 2. The summed E-state index contributed by atoms with van der Waals surface area (Å²) in [5, 5.41) is 0. The second-order valence-corrected chi connectivity index (χ2v) is 5.60. The summed E-state index contributed by atoms with van der Waals surface area (Å²) in [5.74, 6) is -3.40. The van der Waals surface area contributed by atoms with Crippen molar-refractivity contribution in [2.45, 2.75) is 6.18 Å². The van der Waals surface area contributed by atoms with Crippen LogP contribution in [0.3, 0.4) is 0 Å². The molecule has 0 atom stereocenters. The normalized spacial score (nSPS) is 14.4. The first-order valence-corrected chi connectivity index (χ1v) is 7.06. The maximum absolute atomic E-state index is 14.4. The van der Waals surface area contributed by atoms with Crippen LogP contribution < -0.4 is 4.90 Å². The van der Waals surface area contributed by atoms with E-state index in [9.17, 15) is 27.2 Å². The molecule has 0 radical (unpaired) electrons. The predicted molar refractivity (Wildman–Crippen MR) is 76.7 cm³/mol. The highest BCUT2D eigenvalue weighted by atomic mass is 79.9. The van der Waals surface area contributed by atoms with Crippen LogP contribution in [-0.2, 0) is 6.18 Å². The molecule has 1 heterocycles. The van der Waals surface area contributed by atoms with E-state index in [2.05, 4.69) is 15.9 Å². The molecular formula is C15H6BrF4NO2. The Kier molecular flexibility index (Phi) is 3.51. The minimum absolute atomic E-state index is 0.0216. The van der Waals surface area contributed by atoms with Crippen molar-refractivity contribution >= 4 is 33.4 Å². The first kappa shape index (κ1) is 15.7. The molecule has 3 rings (SSSR count). The number of imide groups is 1. The van der Waals surface area contributed by atoms with Crippen LogP contribution in [0.4, 0.5) is 23.2 Å². The second-order valence-electron chi connectivity index (χ2n) is 4.74. The molecule has 2 aromatic carbocycles. The van der Waals surface area contributed by atoms with Crippen LogP contribution in [0.5, 0.6) is 0 Å². The summed E-state index contributed by atoms with van der Waals surface area (Å²) < 4.78 is 52.8. The Morgan fingerprint density at radius 1 is 0.913 bits per heavy atom. The molecule has 0 saturated heterocycles. The molecule has 0 N–H and O–H groups in total. The molecule has 2 aromatic rings. The van der Waals surface area contributed by atoms with E-state index < -0.39 is 39.5 Å². The number of carbonyl (C=O) groups is 2. The minimum atomic E-state index is -4.97. The fraction of sp³-hybridized carbons (Fsp3) is 0.0667. The topological polar surface area (TPSA) is 37.4 Å². The number of alkyl halides is 3. The van der Waals surface area contributed by atoms with Crippen molar-refractivity contribution in [3.63, 3.8) is 0 Å². The fourth-order valence-corrected chi connectivity index (χ4v) is 2.91. The highest BCUT2D eigenvalue weighted by Crippen LogP contribution is 2.41. The Balaban J connectivity index is 2.19. The van der Waals surface area contributed by atoms with Crippen molar-refractivity contribution in [2.75, 3.05) is 4.90 Å². The molecule has 0 saturated carbocycles. The SMILES string of the molecule is O=C1c2ccccc2C(=O)N1c1ccc(Br)c(C(F)(F)F)c1F. The molecule has 0 aromatic heterocycles. The van der Waals surface area contributed by atoms with E-state index in [1.165, 1.54) is 24.3 Å². The van der Waals surface area contributed by atoms with Gasteiger partial charge in [-0.2, -0.15) is 13.2 Å². The van der Waals surface area contributed by atoms with Crippen LogP contribution in [0, 0.1) is 5.82 Å². The molecule has 0 aliphatic carbocycles. The molecule has 0 fully saturated rings. The van der Waals surface area contributed by atoms with Crippen LogP contribution in [0.2, 0.25) is 0 Å². The van der Waals surface area contributed by atoms with Gasteiger partial charge in [0.1, 0.15) is 5.56 Å². The van der Waals surface area contributed by atoms with Gasteiger partial charge in [-0.05, 0) is 24.3 Å². The number of fused-ring (bicyclic) bond motifs is 1. The molecule has 3 nitrogen and oxygen atoms in total. The Labute approximate surface area is 135 Å². The van der Waals surface area contributed by atoms with E-state index >= 15 is 0 Å². The number of hydrogen-bond donors (Lipinski definition) is 0. The van der Waals surface area contributed by atoms with E-state index in [4.69, 9.17) is 0 Å². The third-order valence-corrected chi connectivity index (χ3v) is 4.05. The monoisotopic (exact) mass is 387 g/mol. The summed E-state index contributed by atoms with van der Waals surface area (Å²) in [4.78, 5) is 24.9. The quantitative estimate of drug-likeness (QED) is 0.536. The van der Waals surface area contributed by atoms with Gasteiger partial charge >= 0.3 is 6.18 Å². The highest BCUT2D eigenvalue weighted by molar-refractivity contribution is 9.10. The standard InChI is InChI=1S/C15H6BrF4NO2/c16-9-5-6-10(12(17)11(9)15(18,19)20)21-13(22)7-3-1-2-4-8(7)14(21)23/h1-6H. The molecule has 0 unspecified atom stereocenters. The second kappa shape index (κ2) is 5.16. The van der Waals surface area contributed by atoms with Crippen molar-refractivity contribution < 1.29 is 27.2 Å². The Morgan fingerprint density at radius 3 is 1.91 bits per heavy atom. The van der Waals surface area contributed by atoms with Crippen LogP contribution in [0.1, 0.15) is 26.3 Å². The summed E-state index contributed by atoms with van der Waals surface area (Å²) >= 11 is 2.64. The van der Waals surface area contributed by atoms with Gasteiger partial charge in [0.05, 0.1) is 16.8 Å². The van der Waals surface area contributed by atoms with Gasteiger partial charge in [0.25, 0.3) is 11.8 Å². The van der Waals surface area contributed by atoms with Gasteiger partial charge in [0.2, 0.25) is 0 Å². The van der Waals surface area contributed by atoms with Crippen LogP contribution in [-0.4, -0.2) is 11.8 Å². The maximum atomic E-state index is 14.4. The van der Waals surface area contributed by atoms with Gasteiger partial charge in [-0.15, -0.1) is 0 Å². The number of benzene rings is 2. The number of hydrogen-bond acceptors (Lipinski definition) is 2. The lowest BCUT2D eigenvalue weighted by Gasteiger charge is -2.18. The number of rotatable bonds is 1. The third kappa shape index (κ3) is 2.33. The first-order chi connectivity index (χ1) is 10.7. The Morgan fingerprint density at radius 2 is 1.43 bits per heavy atom. The molecule has 1 aliphatic rings. The van der Waals surface area contributed by atoms with Gasteiger partial charge < -0.3 is 0 Å². The van der Waals surface area contributed by atoms with Gasteiger partial charge in [-0.1, -0.05) is 28.1 Å². The molecule has 2 amide bonds. The van der Waals surface area contributed by atoms with Crippen LogP contribution in [0.25, 0.3) is 0 Å². The summed E-state index contributed by atoms with van der Waals surface area (Å²) in [5.41, 5.74) is -2.25. The van der Waals surface area contributed by atoms with E-state index in [-0.39, 0.29) is 11.1 Å². The van der Waals surface area contributed by atoms with E-state index in [0.29, 0.717) is 4.90 Å². The van der Waals surface area contributed by atoms with E-state index in [1.54, 1.807) is 0 Å². The van der Waals surface area contributed by atoms with Crippen molar-refractivity contribution in [1.29, 1.82) is 0 Å². The summed E-state index contributed by atoms with van der Waals surface area (Å²) in [6.07, 6.45) is -4.97. The number of anilines is 1. The lowest BCUT2D eigenvalue weighted by atomic mass is 10.1. The Hall–Kier alpha value is -2.22. The highest BCUT2D eigenvalue weighted by Gasteiger charge is 2.42. The van der Waals surface area contributed by atoms with Crippen molar-refractivity contribution in [3.8, 4) is 0 Å². The fourth-order valence-electron chi connectivity index (χ4n) is 2.38. The zero-order valence-corrected chi connectivity index (χ0v) is 12.7. The average Bonchev–Trinajstić information content (AvgIpc) is 2.71. The van der Waals surface area contributed by atoms with Crippen LogP contribution in [0.15, 0.2) is 40.9 Å². The molecule has 0 bridgehead atoms. The average molecular weight is 388 g/mol. The molecule has 23 heavy (non-hydrogen) atoms. The van der Waals surface area contributed by atoms with Gasteiger partial charge in [-0.25, -0.2) is 9.29 Å². The zero-order chi connectivity index (χ0) is 16.9. The molecule has 1 aliphatic heterocycles. The molecule has 8 heteroatoms. The van der Waals surface area contributed by atoms with Crippen molar-refractivity contribution in [1.82, 2.24) is 0 Å². The van der Waals surface area contributed by atoms with Crippen LogP contribution >= 0.6 is 15.9 Å². The van der Waals surface area contributed by atoms with E-state index in [1.807, 2.05) is 0 Å². The van der Waals surface area contributed by atoms with Gasteiger partial charge in [-0.3, -0.25) is 9.59 Å². The predicted octanol–water partition coefficient (Wildman–Crippen LogP) is 4.41. The molecule has 118 valence electrons. The lowest BCUT2D eigenvalue weighted by molar-refractivity contribution is -0.140. The largest absolute Gasteiger partial charge is 0.420 e. The van der Waals surface area contributed by atoms with Gasteiger partial charge in [0.15, 0.2) is 5.82 Å². The first-order valence-electron chi connectivity index (χ1n) is 6.26. The molecular weight excluding hydrogens is 382 g/mol. The minimum Gasteiger partial charge on any atom is -0.268 e. The van der Waals surface area contributed by atoms with Crippen molar-refractivity contribution in [2.24, 2.45) is 0 Å². The van der Waals surface area contributed by atoms with Crippen molar-refractivity contribution in [3.05, 3.63) is 63.4 Å². The Bertz CT molecular complexity index is 813. The summed E-state index contributed by atoms with van der Waals surface area (Å²) in [7, 11) is 0. The summed E-state index contributed by atoms with van der Waals surface area (Å²) in [6.45, 7) is 0. The van der Waals surface area contributed by atoms with E-state index in [0.717, 1.165) is 12.1 Å². The van der Waals surface area contributed by atoms with Gasteiger partial charge in [0, 0.05) is 4.47 Å². The lowest BCUT2D eigenvalue weighted by Crippen LogP contribution is -2.31. The smallest absolute Gasteiger partial charge is 0.268 e. The number of nitrogens with zero attached hydrogens (tertiary/aromatic N) is 1. The molecule has 0 spiro atoms. The zero-order valence-electron chi connectivity index (χ0n) is 11.1. The number of halogens is 5. The summed E-state index contributed by atoms with van der Waals surface area (Å²) in [6, 6.07) is 7.63.